The molecule has 23 heavy (non-hydrogen) atoms. The van der Waals surface area contributed by atoms with Gasteiger partial charge in [-0.1, -0.05) is 6.07 Å². The van der Waals surface area contributed by atoms with Crippen LogP contribution >= 0.6 is 0 Å². The van der Waals surface area contributed by atoms with Gasteiger partial charge in [0, 0.05) is 12.0 Å². The summed E-state index contributed by atoms with van der Waals surface area (Å²) in [7, 11) is 0. The fourth-order valence-corrected chi connectivity index (χ4v) is 2.52. The first-order valence-electron chi connectivity index (χ1n) is 7.67. The fourth-order valence-electron chi connectivity index (χ4n) is 2.52. The second kappa shape index (κ2) is 6.21. The predicted molar refractivity (Wildman–Crippen MR) is 87.2 cm³/mol. The van der Waals surface area contributed by atoms with Crippen molar-refractivity contribution in [1.29, 1.82) is 5.26 Å². The second-order valence-corrected chi connectivity index (χ2v) is 6.05. The molecule has 0 bridgehead atoms. The van der Waals surface area contributed by atoms with E-state index in [0.29, 0.717) is 34.8 Å². The maximum atomic E-state index is 14.1. The third kappa shape index (κ3) is 3.57. The predicted octanol–water partition coefficient (Wildman–Crippen LogP) is 4.73. The molecule has 0 saturated heterocycles. The van der Waals surface area contributed by atoms with Gasteiger partial charge in [-0.2, -0.15) is 5.26 Å². The van der Waals surface area contributed by atoms with Crippen LogP contribution in [0.25, 0.3) is 0 Å². The van der Waals surface area contributed by atoms with E-state index in [1.54, 1.807) is 30.3 Å². The van der Waals surface area contributed by atoms with Crippen LogP contribution in [0, 0.1) is 30.0 Å². The summed E-state index contributed by atoms with van der Waals surface area (Å²) in [5.74, 6) is 0.127. The lowest BCUT2D eigenvalue weighted by Gasteiger charge is -2.13. The molecule has 4 heteroatoms. The minimum atomic E-state index is -0.382. The Morgan fingerprint density at radius 2 is 2.04 bits per heavy atom. The molecule has 0 radical (unpaired) electrons. The van der Waals surface area contributed by atoms with Crippen LogP contribution < -0.4 is 5.32 Å². The molecular weight excluding hydrogens is 291 g/mol. The van der Waals surface area contributed by atoms with Crippen molar-refractivity contribution >= 4 is 17.2 Å². The molecule has 1 saturated carbocycles. The molecule has 2 aromatic rings. The van der Waals surface area contributed by atoms with E-state index in [9.17, 15) is 9.18 Å². The third-order valence-corrected chi connectivity index (χ3v) is 4.01. The van der Waals surface area contributed by atoms with Crippen molar-refractivity contribution in [2.45, 2.75) is 26.2 Å². The summed E-state index contributed by atoms with van der Waals surface area (Å²) < 4.78 is 14.1. The lowest BCUT2D eigenvalue weighted by Crippen LogP contribution is -2.06. The van der Waals surface area contributed by atoms with Gasteiger partial charge in [0.2, 0.25) is 0 Å². The number of ketones is 1. The number of carbonyl (C=O) groups is 1. The Bertz CT molecular complexity index is 804. The minimum Gasteiger partial charge on any atom is -0.353 e. The molecule has 0 spiro atoms. The smallest absolute Gasteiger partial charge is 0.165 e. The molecule has 116 valence electrons. The van der Waals surface area contributed by atoms with E-state index in [0.717, 1.165) is 18.4 Å². The Morgan fingerprint density at radius 1 is 1.26 bits per heavy atom. The zero-order valence-corrected chi connectivity index (χ0v) is 12.9. The molecule has 3 rings (SSSR count). The summed E-state index contributed by atoms with van der Waals surface area (Å²) in [4.78, 5) is 12.4. The Hall–Kier alpha value is -2.67. The Balaban J connectivity index is 1.94. The number of nitriles is 1. The van der Waals surface area contributed by atoms with Gasteiger partial charge in [-0.15, -0.1) is 0 Å². The van der Waals surface area contributed by atoms with Gasteiger partial charge in [0.25, 0.3) is 0 Å². The number of rotatable bonds is 5. The lowest BCUT2D eigenvalue weighted by molar-refractivity contribution is 0.0977. The molecule has 0 unspecified atom stereocenters. The highest BCUT2D eigenvalue weighted by atomic mass is 19.1. The first-order chi connectivity index (χ1) is 11.1. The maximum Gasteiger partial charge on any atom is 0.165 e. The second-order valence-electron chi connectivity index (χ2n) is 6.05. The van der Waals surface area contributed by atoms with E-state index < -0.39 is 0 Å². The zero-order valence-electron chi connectivity index (χ0n) is 12.9. The Kier molecular flexibility index (Phi) is 4.12. The molecule has 3 nitrogen and oxygen atoms in total. The summed E-state index contributed by atoms with van der Waals surface area (Å²) in [6.45, 7) is 1.81. The molecule has 1 aliphatic rings. The summed E-state index contributed by atoms with van der Waals surface area (Å²) >= 11 is 0. The maximum absolute atomic E-state index is 14.1. The van der Waals surface area contributed by atoms with Crippen molar-refractivity contribution in [3.63, 3.8) is 0 Å². The highest BCUT2D eigenvalue weighted by Crippen LogP contribution is 2.35. The van der Waals surface area contributed by atoms with E-state index in [1.165, 1.54) is 6.07 Å². The van der Waals surface area contributed by atoms with Gasteiger partial charge < -0.3 is 5.32 Å². The van der Waals surface area contributed by atoms with Gasteiger partial charge in [0.05, 0.1) is 23.0 Å². The average Bonchev–Trinajstić information content (AvgIpc) is 3.33. The van der Waals surface area contributed by atoms with Crippen LogP contribution in [0.2, 0.25) is 0 Å². The number of halogens is 1. The number of Topliss-reactive ketones (excluding diaryl/α,β-unsaturated/α-hetero) is 1. The van der Waals surface area contributed by atoms with Crippen LogP contribution in [0.5, 0.6) is 0 Å². The van der Waals surface area contributed by atoms with Crippen LogP contribution in [-0.2, 0) is 0 Å². The molecule has 1 fully saturated rings. The Morgan fingerprint density at radius 3 is 2.70 bits per heavy atom. The Labute approximate surface area is 134 Å². The standard InChI is InChI=1S/C19H17FN2O/c1-12-2-7-17(16(20)8-12)22-18-9-14(11-21)5-6-15(18)19(23)10-13-3-4-13/h2,5-9,13,22H,3-4,10H2,1H3. The van der Waals surface area contributed by atoms with Crippen LogP contribution in [0.3, 0.4) is 0 Å². The first-order valence-corrected chi connectivity index (χ1v) is 7.67. The molecule has 0 aromatic heterocycles. The van der Waals surface area contributed by atoms with Crippen LogP contribution in [-0.4, -0.2) is 5.78 Å². The highest BCUT2D eigenvalue weighted by molar-refractivity contribution is 6.02. The summed E-state index contributed by atoms with van der Waals surface area (Å²) in [6, 6.07) is 11.8. The van der Waals surface area contributed by atoms with Gasteiger partial charge in [-0.05, 0) is 61.6 Å². The fraction of sp³-hybridized carbons (Fsp3) is 0.263. The summed E-state index contributed by atoms with van der Waals surface area (Å²) in [5, 5.41) is 12.0. The SMILES string of the molecule is Cc1ccc(Nc2cc(C#N)ccc2C(=O)CC2CC2)c(F)c1. The van der Waals surface area contributed by atoms with Gasteiger partial charge >= 0.3 is 0 Å². The molecule has 0 atom stereocenters. The van der Waals surface area contributed by atoms with Crippen molar-refractivity contribution in [2.24, 2.45) is 5.92 Å². The minimum absolute atomic E-state index is 0.0343. The van der Waals surface area contributed by atoms with Crippen molar-refractivity contribution in [3.8, 4) is 6.07 Å². The van der Waals surface area contributed by atoms with E-state index in [1.807, 2.05) is 6.92 Å². The summed E-state index contributed by atoms with van der Waals surface area (Å²) in [6.07, 6.45) is 2.70. The molecule has 0 aliphatic heterocycles. The number of hydrogen-bond donors (Lipinski definition) is 1. The highest BCUT2D eigenvalue weighted by Gasteiger charge is 2.26. The number of nitrogens with zero attached hydrogens (tertiary/aromatic N) is 1. The van der Waals surface area contributed by atoms with Crippen molar-refractivity contribution in [2.75, 3.05) is 5.32 Å². The molecular formula is C19H17FN2O. The molecule has 1 aliphatic carbocycles. The summed E-state index contributed by atoms with van der Waals surface area (Å²) in [5.41, 5.74) is 2.55. The van der Waals surface area contributed by atoms with Crippen molar-refractivity contribution in [3.05, 3.63) is 58.9 Å². The monoisotopic (exact) mass is 308 g/mol. The van der Waals surface area contributed by atoms with E-state index in [4.69, 9.17) is 5.26 Å². The normalized spacial score (nSPS) is 13.4. The van der Waals surface area contributed by atoms with Gasteiger partial charge in [-0.3, -0.25) is 4.79 Å². The third-order valence-electron chi connectivity index (χ3n) is 4.01. The van der Waals surface area contributed by atoms with Gasteiger partial charge in [0.15, 0.2) is 5.78 Å². The van der Waals surface area contributed by atoms with E-state index in [2.05, 4.69) is 11.4 Å². The lowest BCUT2D eigenvalue weighted by atomic mass is 10.0. The molecule has 1 N–H and O–H groups in total. The van der Waals surface area contributed by atoms with Crippen LogP contribution in [0.1, 0.15) is 40.7 Å². The zero-order chi connectivity index (χ0) is 16.4. The number of nitrogens with one attached hydrogen (secondary N) is 1. The van der Waals surface area contributed by atoms with Gasteiger partial charge in [-0.25, -0.2) is 4.39 Å². The quantitative estimate of drug-likeness (QED) is 0.812. The molecule has 2 aromatic carbocycles. The molecule has 0 heterocycles. The van der Waals surface area contributed by atoms with Crippen LogP contribution in [0.15, 0.2) is 36.4 Å². The van der Waals surface area contributed by atoms with Gasteiger partial charge in [0.1, 0.15) is 5.82 Å². The average molecular weight is 308 g/mol. The first kappa shape index (κ1) is 15.2. The number of anilines is 2. The largest absolute Gasteiger partial charge is 0.353 e. The van der Waals surface area contributed by atoms with E-state index in [-0.39, 0.29) is 11.6 Å². The number of hydrogen-bond acceptors (Lipinski definition) is 3. The number of benzene rings is 2. The van der Waals surface area contributed by atoms with E-state index >= 15 is 0 Å². The van der Waals surface area contributed by atoms with Crippen molar-refractivity contribution in [1.82, 2.24) is 0 Å². The topological polar surface area (TPSA) is 52.9 Å². The molecule has 0 amide bonds. The van der Waals surface area contributed by atoms with Crippen molar-refractivity contribution < 1.29 is 9.18 Å². The number of aryl methyl sites for hydroxylation is 1. The number of carbonyl (C=O) groups excluding carboxylic acids is 1. The van der Waals surface area contributed by atoms with Crippen LogP contribution in [0.4, 0.5) is 15.8 Å².